The average Bonchev–Trinajstić information content (AvgIpc) is 2.34. The van der Waals surface area contributed by atoms with Crippen molar-refractivity contribution in [2.45, 2.75) is 58.1 Å². The lowest BCUT2D eigenvalue weighted by atomic mass is 9.88. The summed E-state index contributed by atoms with van der Waals surface area (Å²) in [6, 6.07) is 0.605. The summed E-state index contributed by atoms with van der Waals surface area (Å²) < 4.78 is 6.04. The van der Waals surface area contributed by atoms with E-state index in [0.717, 1.165) is 31.1 Å². The molecule has 0 atom stereocenters. The van der Waals surface area contributed by atoms with E-state index in [4.69, 9.17) is 4.74 Å². The smallest absolute Gasteiger partial charge is 0.0614 e. The Balaban J connectivity index is 1.52. The molecule has 0 radical (unpaired) electrons. The van der Waals surface area contributed by atoms with Gasteiger partial charge in [-0.1, -0.05) is 13.5 Å². The fourth-order valence-corrected chi connectivity index (χ4v) is 3.13. The number of hydrogen-bond donors (Lipinski definition) is 1. The molecule has 110 valence electrons. The first-order valence-corrected chi connectivity index (χ1v) is 7.93. The molecule has 3 nitrogen and oxygen atoms in total. The predicted molar refractivity (Wildman–Crippen MR) is 80.2 cm³/mol. The van der Waals surface area contributed by atoms with Crippen molar-refractivity contribution in [2.24, 2.45) is 5.92 Å². The second-order valence-electron chi connectivity index (χ2n) is 6.33. The van der Waals surface area contributed by atoms with Gasteiger partial charge in [-0.05, 0) is 64.6 Å². The van der Waals surface area contributed by atoms with Crippen molar-refractivity contribution in [3.05, 3.63) is 12.3 Å². The van der Waals surface area contributed by atoms with Crippen LogP contribution in [-0.2, 0) is 4.74 Å². The van der Waals surface area contributed by atoms with Gasteiger partial charge in [0, 0.05) is 18.3 Å². The highest BCUT2D eigenvalue weighted by Crippen LogP contribution is 2.26. The van der Waals surface area contributed by atoms with Crippen molar-refractivity contribution in [3.8, 4) is 0 Å². The third-order valence-electron chi connectivity index (χ3n) is 4.36. The summed E-state index contributed by atoms with van der Waals surface area (Å²) in [7, 11) is 0. The number of likely N-dealkylation sites (tertiary alicyclic amines) is 1. The Bertz CT molecular complexity index is 278. The van der Waals surface area contributed by atoms with E-state index in [2.05, 4.69) is 23.7 Å². The normalized spacial score (nSPS) is 28.9. The van der Waals surface area contributed by atoms with E-state index in [1.807, 2.05) is 6.92 Å². The number of hydrogen-bond acceptors (Lipinski definition) is 3. The Morgan fingerprint density at radius 2 is 2.00 bits per heavy atom. The molecule has 2 rings (SSSR count). The molecule has 1 aliphatic carbocycles. The lowest BCUT2D eigenvalue weighted by molar-refractivity contribution is -0.0387. The van der Waals surface area contributed by atoms with Gasteiger partial charge in [0.2, 0.25) is 0 Å². The van der Waals surface area contributed by atoms with Gasteiger partial charge in [0.05, 0.1) is 6.10 Å². The van der Waals surface area contributed by atoms with E-state index < -0.39 is 0 Å². The second-order valence-corrected chi connectivity index (χ2v) is 6.33. The predicted octanol–water partition coefficient (Wildman–Crippen LogP) is 2.78. The number of nitrogens with one attached hydrogen (secondary N) is 1. The minimum Gasteiger partial charge on any atom is -0.386 e. The Labute approximate surface area is 118 Å². The van der Waals surface area contributed by atoms with Gasteiger partial charge in [-0.25, -0.2) is 0 Å². The van der Waals surface area contributed by atoms with Gasteiger partial charge in [0.15, 0.2) is 0 Å². The number of piperidine rings is 1. The molecule has 1 saturated carbocycles. The number of allylic oxidation sites excluding steroid dienone is 1. The van der Waals surface area contributed by atoms with Crippen LogP contribution in [0, 0.1) is 5.92 Å². The van der Waals surface area contributed by atoms with Gasteiger partial charge >= 0.3 is 0 Å². The maximum absolute atomic E-state index is 6.04. The largest absolute Gasteiger partial charge is 0.386 e. The molecule has 0 aromatic rings. The number of rotatable bonds is 7. The third kappa shape index (κ3) is 4.81. The highest BCUT2D eigenvalue weighted by molar-refractivity contribution is 4.95. The lowest BCUT2D eigenvalue weighted by Crippen LogP contribution is -2.45. The summed E-state index contributed by atoms with van der Waals surface area (Å²) >= 11 is 0. The molecule has 3 heteroatoms. The van der Waals surface area contributed by atoms with Crippen molar-refractivity contribution in [1.82, 2.24) is 10.2 Å². The molecular weight excluding hydrogens is 236 g/mol. The molecule has 0 amide bonds. The van der Waals surface area contributed by atoms with E-state index in [1.165, 1.54) is 38.9 Å². The molecule has 1 aliphatic heterocycles. The topological polar surface area (TPSA) is 24.5 Å². The Kier molecular flexibility index (Phi) is 5.71. The molecule has 1 heterocycles. The first-order chi connectivity index (χ1) is 9.17. The maximum atomic E-state index is 6.04. The third-order valence-corrected chi connectivity index (χ3v) is 4.36. The van der Waals surface area contributed by atoms with Gasteiger partial charge in [-0.3, -0.25) is 0 Å². The Hall–Kier alpha value is -0.540. The van der Waals surface area contributed by atoms with Crippen molar-refractivity contribution < 1.29 is 4.74 Å². The highest BCUT2D eigenvalue weighted by atomic mass is 16.5. The highest BCUT2D eigenvalue weighted by Gasteiger charge is 2.30. The quantitative estimate of drug-likeness (QED) is 0.767. The fourth-order valence-electron chi connectivity index (χ4n) is 3.13. The van der Waals surface area contributed by atoms with Crippen LogP contribution in [-0.4, -0.2) is 43.3 Å². The number of nitrogens with zero attached hydrogens (tertiary/aromatic N) is 1. The standard InChI is InChI=1S/C16H30N2O/c1-4-7-18-8-5-14(6-9-18)12-19-16-10-15(11-16)17-13(2)3/h14-17H,2,4-12H2,1,3H3. The summed E-state index contributed by atoms with van der Waals surface area (Å²) in [4.78, 5) is 2.59. The zero-order chi connectivity index (χ0) is 13.7. The van der Waals surface area contributed by atoms with Gasteiger partial charge in [-0.2, -0.15) is 0 Å². The monoisotopic (exact) mass is 266 g/mol. The van der Waals surface area contributed by atoms with E-state index >= 15 is 0 Å². The Morgan fingerprint density at radius 1 is 1.32 bits per heavy atom. The second kappa shape index (κ2) is 7.30. The zero-order valence-corrected chi connectivity index (χ0v) is 12.7. The van der Waals surface area contributed by atoms with Crippen molar-refractivity contribution >= 4 is 0 Å². The Morgan fingerprint density at radius 3 is 2.58 bits per heavy atom. The molecule has 2 fully saturated rings. The van der Waals surface area contributed by atoms with E-state index in [9.17, 15) is 0 Å². The van der Waals surface area contributed by atoms with E-state index in [-0.39, 0.29) is 0 Å². The minimum atomic E-state index is 0.491. The van der Waals surface area contributed by atoms with Crippen LogP contribution in [0.15, 0.2) is 12.3 Å². The molecule has 1 N–H and O–H groups in total. The van der Waals surface area contributed by atoms with Crippen LogP contribution in [0.5, 0.6) is 0 Å². The zero-order valence-electron chi connectivity index (χ0n) is 12.7. The van der Waals surface area contributed by atoms with E-state index in [1.54, 1.807) is 0 Å². The number of ether oxygens (including phenoxy) is 1. The van der Waals surface area contributed by atoms with Crippen LogP contribution in [0.1, 0.15) is 46.0 Å². The summed E-state index contributed by atoms with van der Waals surface area (Å²) in [5.41, 5.74) is 1.08. The summed E-state index contributed by atoms with van der Waals surface area (Å²) in [5, 5.41) is 3.39. The summed E-state index contributed by atoms with van der Waals surface area (Å²) in [6.45, 7) is 13.0. The molecule has 19 heavy (non-hydrogen) atoms. The van der Waals surface area contributed by atoms with Crippen LogP contribution in [0.2, 0.25) is 0 Å². The van der Waals surface area contributed by atoms with Crippen molar-refractivity contribution in [3.63, 3.8) is 0 Å². The fraction of sp³-hybridized carbons (Fsp3) is 0.875. The van der Waals surface area contributed by atoms with Gasteiger partial charge in [-0.15, -0.1) is 0 Å². The van der Waals surface area contributed by atoms with Gasteiger partial charge in [0.25, 0.3) is 0 Å². The van der Waals surface area contributed by atoms with Crippen molar-refractivity contribution in [1.29, 1.82) is 0 Å². The molecule has 0 aromatic carbocycles. The van der Waals surface area contributed by atoms with Gasteiger partial charge < -0.3 is 15.0 Å². The molecule has 0 aromatic heterocycles. The maximum Gasteiger partial charge on any atom is 0.0614 e. The van der Waals surface area contributed by atoms with Crippen LogP contribution in [0.25, 0.3) is 0 Å². The van der Waals surface area contributed by atoms with E-state index in [0.29, 0.717) is 12.1 Å². The van der Waals surface area contributed by atoms with Crippen LogP contribution in [0.4, 0.5) is 0 Å². The molecule has 0 spiro atoms. The molecule has 1 saturated heterocycles. The average molecular weight is 266 g/mol. The molecule has 2 aliphatic rings. The van der Waals surface area contributed by atoms with Crippen molar-refractivity contribution in [2.75, 3.05) is 26.2 Å². The molecule has 0 unspecified atom stereocenters. The van der Waals surface area contributed by atoms with Crippen LogP contribution >= 0.6 is 0 Å². The SMILES string of the molecule is C=C(C)NC1CC(OCC2CCN(CCC)CC2)C1. The van der Waals surface area contributed by atoms with Gasteiger partial charge in [0.1, 0.15) is 0 Å². The first-order valence-electron chi connectivity index (χ1n) is 7.93. The van der Waals surface area contributed by atoms with Crippen LogP contribution in [0.3, 0.4) is 0 Å². The molecule has 0 bridgehead atoms. The first kappa shape index (κ1) is 14.9. The summed E-state index contributed by atoms with van der Waals surface area (Å²) in [6.07, 6.45) is 6.72. The lowest BCUT2D eigenvalue weighted by Gasteiger charge is -2.38. The molecular formula is C16H30N2O. The minimum absolute atomic E-state index is 0.491. The summed E-state index contributed by atoms with van der Waals surface area (Å²) in [5.74, 6) is 0.793. The van der Waals surface area contributed by atoms with Crippen LogP contribution < -0.4 is 5.32 Å².